The molecule has 2 N–H and O–H groups in total. The molecule has 0 fully saturated rings. The van der Waals surface area contributed by atoms with E-state index >= 15 is 0 Å². The molecule has 1 aliphatic heterocycles. The first-order valence-electron chi connectivity index (χ1n) is 5.92. The molecule has 2 heterocycles. The molecular weight excluding hydrogens is 226 g/mol. The summed E-state index contributed by atoms with van der Waals surface area (Å²) in [5.74, 6) is 6.70. The van der Waals surface area contributed by atoms with Gasteiger partial charge in [-0.25, -0.2) is 5.84 Å². The van der Waals surface area contributed by atoms with E-state index < -0.39 is 0 Å². The molecule has 0 spiro atoms. The van der Waals surface area contributed by atoms with Crippen LogP contribution in [0.2, 0.25) is 0 Å². The van der Waals surface area contributed by atoms with E-state index in [0.717, 1.165) is 35.9 Å². The molecule has 0 saturated heterocycles. The highest BCUT2D eigenvalue weighted by Crippen LogP contribution is 2.19. The van der Waals surface area contributed by atoms with E-state index in [1.165, 1.54) is 0 Å². The zero-order valence-electron chi connectivity index (χ0n) is 10.2. The minimum Gasteiger partial charge on any atom is -0.291 e. The van der Waals surface area contributed by atoms with Gasteiger partial charge in [0, 0.05) is 12.6 Å². The van der Waals surface area contributed by atoms with Gasteiger partial charge in [0.05, 0.1) is 18.8 Å². The molecule has 1 aromatic heterocycles. The Morgan fingerprint density at radius 3 is 2.67 bits per heavy atom. The number of hydrogen-bond donors (Lipinski definition) is 1. The van der Waals surface area contributed by atoms with Gasteiger partial charge in [0.25, 0.3) is 0 Å². The predicted octanol–water partition coefficient (Wildman–Crippen LogP) is 1.02. The Bertz CT molecular complexity index is 585. The van der Waals surface area contributed by atoms with Gasteiger partial charge in [-0.05, 0) is 6.07 Å². The highest BCUT2D eigenvalue weighted by atomic mass is 15.5. The normalized spacial score (nSPS) is 15.0. The summed E-state index contributed by atoms with van der Waals surface area (Å²) in [5, 5.41) is 6.19. The van der Waals surface area contributed by atoms with Crippen molar-refractivity contribution >= 4 is 5.84 Å². The first kappa shape index (κ1) is 11.0. The maximum atomic E-state index is 5.89. The van der Waals surface area contributed by atoms with Gasteiger partial charge in [0.15, 0.2) is 5.84 Å². The molecule has 92 valence electrons. The van der Waals surface area contributed by atoms with Gasteiger partial charge >= 0.3 is 0 Å². The quantitative estimate of drug-likeness (QED) is 0.799. The van der Waals surface area contributed by atoms with Crippen LogP contribution in [0.5, 0.6) is 0 Å². The van der Waals surface area contributed by atoms with Gasteiger partial charge < -0.3 is 0 Å². The summed E-state index contributed by atoms with van der Waals surface area (Å²) in [6.45, 7) is 1.51. The SMILES string of the molecule is Cn1nc(-c2ccccc2)cc1C1=NCCN1N. The largest absolute Gasteiger partial charge is 0.291 e. The van der Waals surface area contributed by atoms with Gasteiger partial charge in [-0.3, -0.25) is 14.7 Å². The van der Waals surface area contributed by atoms with Crippen molar-refractivity contribution in [3.05, 3.63) is 42.1 Å². The average Bonchev–Trinajstić information content (AvgIpc) is 2.96. The number of aryl methyl sites for hydroxylation is 1. The van der Waals surface area contributed by atoms with Crippen LogP contribution in [0, 0.1) is 0 Å². The lowest BCUT2D eigenvalue weighted by Crippen LogP contribution is -2.36. The molecule has 3 rings (SSSR count). The Balaban J connectivity index is 2.02. The Morgan fingerprint density at radius 1 is 1.22 bits per heavy atom. The van der Waals surface area contributed by atoms with Crippen molar-refractivity contribution in [1.82, 2.24) is 14.8 Å². The number of hydrazine groups is 1. The molecule has 1 aromatic carbocycles. The van der Waals surface area contributed by atoms with Gasteiger partial charge in [-0.15, -0.1) is 0 Å². The van der Waals surface area contributed by atoms with Crippen molar-refractivity contribution in [3.63, 3.8) is 0 Å². The molecule has 0 aliphatic carbocycles. The van der Waals surface area contributed by atoms with Gasteiger partial charge in [0.2, 0.25) is 0 Å². The third kappa shape index (κ3) is 1.78. The number of nitrogens with two attached hydrogens (primary N) is 1. The number of aromatic nitrogens is 2. The molecular formula is C13H15N5. The van der Waals surface area contributed by atoms with E-state index in [0.29, 0.717) is 0 Å². The lowest BCUT2D eigenvalue weighted by Gasteiger charge is -2.12. The summed E-state index contributed by atoms with van der Waals surface area (Å²) in [6.07, 6.45) is 0. The van der Waals surface area contributed by atoms with Crippen LogP contribution in [-0.4, -0.2) is 33.7 Å². The fourth-order valence-electron chi connectivity index (χ4n) is 2.12. The minimum atomic E-state index is 0.748. The molecule has 2 aromatic rings. The van der Waals surface area contributed by atoms with Gasteiger partial charge in [0.1, 0.15) is 5.69 Å². The minimum absolute atomic E-state index is 0.748. The molecule has 0 amide bonds. The van der Waals surface area contributed by atoms with Crippen molar-refractivity contribution in [3.8, 4) is 11.3 Å². The summed E-state index contributed by atoms with van der Waals surface area (Å²) < 4.78 is 1.83. The van der Waals surface area contributed by atoms with Crippen molar-refractivity contribution in [1.29, 1.82) is 0 Å². The van der Waals surface area contributed by atoms with Crippen LogP contribution in [0.1, 0.15) is 5.69 Å². The van der Waals surface area contributed by atoms with Crippen LogP contribution >= 0.6 is 0 Å². The van der Waals surface area contributed by atoms with E-state index in [4.69, 9.17) is 5.84 Å². The fourth-order valence-corrected chi connectivity index (χ4v) is 2.12. The van der Waals surface area contributed by atoms with Crippen LogP contribution < -0.4 is 5.84 Å². The van der Waals surface area contributed by atoms with Gasteiger partial charge in [-0.2, -0.15) is 5.10 Å². The van der Waals surface area contributed by atoms with Crippen LogP contribution in [0.25, 0.3) is 11.3 Å². The fraction of sp³-hybridized carbons (Fsp3) is 0.231. The van der Waals surface area contributed by atoms with Crippen LogP contribution in [0.4, 0.5) is 0 Å². The monoisotopic (exact) mass is 241 g/mol. The highest BCUT2D eigenvalue weighted by Gasteiger charge is 2.19. The molecule has 5 nitrogen and oxygen atoms in total. The van der Waals surface area contributed by atoms with Crippen molar-refractivity contribution in [2.45, 2.75) is 0 Å². The van der Waals surface area contributed by atoms with Crippen LogP contribution in [0.3, 0.4) is 0 Å². The summed E-state index contributed by atoms with van der Waals surface area (Å²) >= 11 is 0. The molecule has 0 saturated carbocycles. The zero-order valence-corrected chi connectivity index (χ0v) is 10.2. The standard InChI is InChI=1S/C13H15N5/c1-17-12(13-15-7-8-18(13)14)9-11(16-17)10-5-3-2-4-6-10/h2-6,9H,7-8,14H2,1H3. The highest BCUT2D eigenvalue weighted by molar-refractivity contribution is 5.98. The molecule has 0 unspecified atom stereocenters. The Morgan fingerprint density at radius 2 is 2.00 bits per heavy atom. The number of hydrogen-bond acceptors (Lipinski definition) is 4. The number of nitrogens with zero attached hydrogens (tertiary/aromatic N) is 4. The third-order valence-corrected chi connectivity index (χ3v) is 3.05. The lowest BCUT2D eigenvalue weighted by molar-refractivity contribution is 0.481. The van der Waals surface area contributed by atoms with Gasteiger partial charge in [-0.1, -0.05) is 30.3 Å². The topological polar surface area (TPSA) is 59.4 Å². The second-order valence-electron chi connectivity index (χ2n) is 4.30. The predicted molar refractivity (Wildman–Crippen MR) is 70.9 cm³/mol. The summed E-state index contributed by atoms with van der Waals surface area (Å²) in [4.78, 5) is 4.41. The Hall–Kier alpha value is -2.14. The smallest absolute Gasteiger partial charge is 0.163 e. The number of amidine groups is 1. The van der Waals surface area contributed by atoms with Crippen molar-refractivity contribution in [2.24, 2.45) is 17.9 Å². The molecule has 1 aliphatic rings. The molecule has 0 bridgehead atoms. The van der Waals surface area contributed by atoms with E-state index in [1.807, 2.05) is 48.1 Å². The second kappa shape index (κ2) is 4.27. The molecule has 0 atom stereocenters. The molecule has 18 heavy (non-hydrogen) atoms. The number of benzene rings is 1. The molecule has 5 heteroatoms. The van der Waals surface area contributed by atoms with E-state index in [9.17, 15) is 0 Å². The zero-order chi connectivity index (χ0) is 12.5. The van der Waals surface area contributed by atoms with E-state index in [2.05, 4.69) is 10.1 Å². The second-order valence-corrected chi connectivity index (χ2v) is 4.30. The third-order valence-electron chi connectivity index (χ3n) is 3.05. The lowest BCUT2D eigenvalue weighted by atomic mass is 10.1. The molecule has 0 radical (unpaired) electrons. The maximum Gasteiger partial charge on any atom is 0.163 e. The van der Waals surface area contributed by atoms with Crippen LogP contribution in [0.15, 0.2) is 41.4 Å². The number of aliphatic imine (C=N–C) groups is 1. The van der Waals surface area contributed by atoms with Crippen molar-refractivity contribution < 1.29 is 0 Å². The first-order valence-corrected chi connectivity index (χ1v) is 5.92. The van der Waals surface area contributed by atoms with Crippen LogP contribution in [-0.2, 0) is 7.05 Å². The first-order chi connectivity index (χ1) is 8.75. The Labute approximate surface area is 106 Å². The maximum absolute atomic E-state index is 5.89. The number of rotatable bonds is 2. The summed E-state index contributed by atoms with van der Waals surface area (Å²) in [5.41, 5.74) is 2.99. The van der Waals surface area contributed by atoms with E-state index in [-0.39, 0.29) is 0 Å². The van der Waals surface area contributed by atoms with Crippen molar-refractivity contribution in [2.75, 3.05) is 13.1 Å². The average molecular weight is 241 g/mol. The summed E-state index contributed by atoms with van der Waals surface area (Å²) in [7, 11) is 1.91. The van der Waals surface area contributed by atoms with E-state index in [1.54, 1.807) is 5.01 Å². The Kier molecular flexibility index (Phi) is 2.60. The summed E-state index contributed by atoms with van der Waals surface area (Å²) in [6, 6.07) is 12.1.